The second kappa shape index (κ2) is 6.85. The van der Waals surface area contributed by atoms with Crippen LogP contribution in [0.1, 0.15) is 5.56 Å². The highest BCUT2D eigenvalue weighted by Gasteiger charge is 2.00. The number of thiocarbonyl (C=S) groups is 1. The number of H-pyrrole nitrogens is 1. The van der Waals surface area contributed by atoms with Gasteiger partial charge >= 0.3 is 0 Å². The van der Waals surface area contributed by atoms with E-state index in [9.17, 15) is 4.79 Å². The molecular weight excluding hydrogens is 308 g/mol. The maximum atomic E-state index is 12.0. The number of aromatic amines is 1. The average Bonchev–Trinajstić information content (AvgIpc) is 2.56. The summed E-state index contributed by atoms with van der Waals surface area (Å²) in [5.41, 5.74) is 4.61. The number of aromatic nitrogens is 1. The van der Waals surface area contributed by atoms with E-state index in [1.807, 2.05) is 54.6 Å². The van der Waals surface area contributed by atoms with Gasteiger partial charge in [-0.2, -0.15) is 5.10 Å². The summed E-state index contributed by atoms with van der Waals surface area (Å²) < 4.78 is 0. The first kappa shape index (κ1) is 14.9. The van der Waals surface area contributed by atoms with Gasteiger partial charge in [-0.05, 0) is 41.9 Å². The molecule has 1 heterocycles. The molecule has 3 aromatic rings. The van der Waals surface area contributed by atoms with Gasteiger partial charge in [0.25, 0.3) is 5.56 Å². The van der Waals surface area contributed by atoms with Crippen molar-refractivity contribution in [3.63, 3.8) is 0 Å². The Morgan fingerprint density at radius 2 is 1.83 bits per heavy atom. The van der Waals surface area contributed by atoms with Gasteiger partial charge in [-0.3, -0.25) is 10.2 Å². The SMILES string of the molecule is O=c1[nH]c2ccccc2cc1/C=N/NC(=S)Nc1ccccc1. The minimum atomic E-state index is -0.198. The zero-order valence-electron chi connectivity index (χ0n) is 12.1. The fourth-order valence-electron chi connectivity index (χ4n) is 2.10. The highest BCUT2D eigenvalue weighted by molar-refractivity contribution is 7.80. The number of rotatable bonds is 3. The van der Waals surface area contributed by atoms with Crippen molar-refractivity contribution in [2.24, 2.45) is 5.10 Å². The molecule has 0 spiro atoms. The number of benzene rings is 2. The number of hydrogen-bond donors (Lipinski definition) is 3. The number of nitrogens with one attached hydrogen (secondary N) is 3. The molecule has 23 heavy (non-hydrogen) atoms. The van der Waals surface area contributed by atoms with E-state index in [1.165, 1.54) is 6.21 Å². The molecule has 1 aromatic heterocycles. The third-order valence-corrected chi connectivity index (χ3v) is 3.38. The molecule has 5 nitrogen and oxygen atoms in total. The van der Waals surface area contributed by atoms with Crippen molar-refractivity contribution in [3.05, 3.63) is 76.6 Å². The van der Waals surface area contributed by atoms with Gasteiger partial charge in [0, 0.05) is 11.2 Å². The molecule has 2 aromatic carbocycles. The van der Waals surface area contributed by atoms with Crippen molar-refractivity contribution < 1.29 is 0 Å². The lowest BCUT2D eigenvalue weighted by Crippen LogP contribution is -2.24. The molecule has 0 amide bonds. The van der Waals surface area contributed by atoms with E-state index < -0.39 is 0 Å². The fraction of sp³-hybridized carbons (Fsp3) is 0. The zero-order valence-corrected chi connectivity index (χ0v) is 12.9. The first-order chi connectivity index (χ1) is 11.2. The summed E-state index contributed by atoms with van der Waals surface area (Å²) in [5.74, 6) is 0. The molecule has 0 saturated heterocycles. The van der Waals surface area contributed by atoms with Gasteiger partial charge in [-0.25, -0.2) is 0 Å². The largest absolute Gasteiger partial charge is 0.331 e. The standard InChI is InChI=1S/C17H14N4OS/c22-16-13(10-12-6-4-5-9-15(12)20-16)11-18-21-17(23)19-14-7-2-1-3-8-14/h1-11H,(H,20,22)(H2,19,21,23)/b18-11+. The van der Waals surface area contributed by atoms with E-state index in [0.717, 1.165) is 16.6 Å². The molecule has 3 N–H and O–H groups in total. The molecule has 0 aliphatic rings. The van der Waals surface area contributed by atoms with Crippen LogP contribution in [-0.4, -0.2) is 16.3 Å². The molecule has 0 saturated carbocycles. The summed E-state index contributed by atoms with van der Waals surface area (Å²) in [5, 5.41) is 8.29. The number of anilines is 1. The highest BCUT2D eigenvalue weighted by Crippen LogP contribution is 2.09. The average molecular weight is 322 g/mol. The maximum Gasteiger partial charge on any atom is 0.257 e. The topological polar surface area (TPSA) is 69.3 Å². The summed E-state index contributed by atoms with van der Waals surface area (Å²) in [6, 6.07) is 18.9. The molecular formula is C17H14N4OS. The molecule has 114 valence electrons. The second-order valence-electron chi connectivity index (χ2n) is 4.83. The number of pyridine rings is 1. The molecule has 0 fully saturated rings. The monoisotopic (exact) mass is 322 g/mol. The van der Waals surface area contributed by atoms with E-state index in [0.29, 0.717) is 10.7 Å². The van der Waals surface area contributed by atoms with Crippen LogP contribution in [0.25, 0.3) is 10.9 Å². The Kier molecular flexibility index (Phi) is 4.44. The van der Waals surface area contributed by atoms with Gasteiger partial charge in [0.2, 0.25) is 0 Å². The summed E-state index contributed by atoms with van der Waals surface area (Å²) in [7, 11) is 0. The van der Waals surface area contributed by atoms with Crippen molar-refractivity contribution in [1.82, 2.24) is 10.4 Å². The first-order valence-electron chi connectivity index (χ1n) is 6.99. The Morgan fingerprint density at radius 1 is 1.09 bits per heavy atom. The van der Waals surface area contributed by atoms with Gasteiger partial charge < -0.3 is 10.3 Å². The zero-order chi connectivity index (χ0) is 16.1. The molecule has 0 bridgehead atoms. The maximum absolute atomic E-state index is 12.0. The van der Waals surface area contributed by atoms with Gasteiger partial charge in [0.1, 0.15) is 0 Å². The highest BCUT2D eigenvalue weighted by atomic mass is 32.1. The van der Waals surface area contributed by atoms with Gasteiger partial charge in [-0.1, -0.05) is 36.4 Å². The Balaban J connectivity index is 1.69. The van der Waals surface area contributed by atoms with Gasteiger partial charge in [0.15, 0.2) is 5.11 Å². The second-order valence-corrected chi connectivity index (χ2v) is 5.24. The molecule has 0 atom stereocenters. The quantitative estimate of drug-likeness (QED) is 0.394. The lowest BCUT2D eigenvalue weighted by Gasteiger charge is -2.06. The van der Waals surface area contributed by atoms with Crippen LogP contribution in [-0.2, 0) is 0 Å². The third-order valence-electron chi connectivity index (χ3n) is 3.18. The summed E-state index contributed by atoms with van der Waals surface area (Å²) in [4.78, 5) is 14.8. The summed E-state index contributed by atoms with van der Waals surface area (Å²) >= 11 is 5.14. The minimum Gasteiger partial charge on any atom is -0.331 e. The van der Waals surface area contributed by atoms with Crippen LogP contribution < -0.4 is 16.3 Å². The van der Waals surface area contributed by atoms with Gasteiger partial charge in [0.05, 0.1) is 11.8 Å². The van der Waals surface area contributed by atoms with Crippen molar-refractivity contribution in [2.75, 3.05) is 5.32 Å². The molecule has 6 heteroatoms. The van der Waals surface area contributed by atoms with E-state index in [-0.39, 0.29) is 5.56 Å². The number of hydrogen-bond acceptors (Lipinski definition) is 3. The van der Waals surface area contributed by atoms with Gasteiger partial charge in [-0.15, -0.1) is 0 Å². The van der Waals surface area contributed by atoms with E-state index in [1.54, 1.807) is 6.07 Å². The van der Waals surface area contributed by atoms with Crippen LogP contribution >= 0.6 is 12.2 Å². The number of fused-ring (bicyclic) bond motifs is 1. The van der Waals surface area contributed by atoms with Crippen molar-refractivity contribution in [3.8, 4) is 0 Å². The van der Waals surface area contributed by atoms with Crippen LogP contribution in [0, 0.1) is 0 Å². The van der Waals surface area contributed by atoms with Crippen molar-refractivity contribution in [1.29, 1.82) is 0 Å². The molecule has 0 radical (unpaired) electrons. The van der Waals surface area contributed by atoms with E-state index in [4.69, 9.17) is 12.2 Å². The Bertz CT molecular complexity index is 919. The summed E-state index contributed by atoms with van der Waals surface area (Å²) in [6.45, 7) is 0. The predicted molar refractivity (Wildman–Crippen MR) is 98.0 cm³/mol. The molecule has 0 unspecified atom stereocenters. The van der Waals surface area contributed by atoms with Crippen molar-refractivity contribution in [2.45, 2.75) is 0 Å². The lowest BCUT2D eigenvalue weighted by atomic mass is 10.2. The number of nitrogens with zero attached hydrogens (tertiary/aromatic N) is 1. The minimum absolute atomic E-state index is 0.198. The molecule has 0 aliphatic heterocycles. The predicted octanol–water partition coefficient (Wildman–Crippen LogP) is 2.85. The van der Waals surface area contributed by atoms with Crippen molar-refractivity contribution >= 4 is 40.1 Å². The van der Waals surface area contributed by atoms with Crippen LogP contribution in [0.3, 0.4) is 0 Å². The van der Waals surface area contributed by atoms with E-state index >= 15 is 0 Å². The Morgan fingerprint density at radius 3 is 2.65 bits per heavy atom. The Hall–Kier alpha value is -2.99. The third kappa shape index (κ3) is 3.81. The lowest BCUT2D eigenvalue weighted by molar-refractivity contribution is 1.05. The van der Waals surface area contributed by atoms with E-state index in [2.05, 4.69) is 20.8 Å². The van der Waals surface area contributed by atoms with Crippen LogP contribution in [0.5, 0.6) is 0 Å². The molecule has 0 aliphatic carbocycles. The molecule has 3 rings (SSSR count). The van der Waals surface area contributed by atoms with Crippen LogP contribution in [0.15, 0.2) is 70.6 Å². The fourth-order valence-corrected chi connectivity index (χ4v) is 2.27. The van der Waals surface area contributed by atoms with Crippen LogP contribution in [0.4, 0.5) is 5.69 Å². The van der Waals surface area contributed by atoms with Crippen LogP contribution in [0.2, 0.25) is 0 Å². The first-order valence-corrected chi connectivity index (χ1v) is 7.40. The smallest absolute Gasteiger partial charge is 0.257 e. The normalized spacial score (nSPS) is 10.8. The Labute approximate surface area is 138 Å². The summed E-state index contributed by atoms with van der Waals surface area (Å²) in [6.07, 6.45) is 1.45. The number of hydrazone groups is 1. The number of para-hydroxylation sites is 2.